The van der Waals surface area contributed by atoms with Crippen LogP contribution in [0.15, 0.2) is 35.0 Å². The molecule has 3 heterocycles. The van der Waals surface area contributed by atoms with Gasteiger partial charge in [-0.3, -0.25) is 0 Å². The summed E-state index contributed by atoms with van der Waals surface area (Å²) in [6.45, 7) is 6.35. The minimum atomic E-state index is -0.417. The Bertz CT molecular complexity index is 1060. The van der Waals surface area contributed by atoms with Crippen molar-refractivity contribution in [3.63, 3.8) is 0 Å². The standard InChI is InChI=1S/C24H28FN5O2/c1-15-13-26-24(27-14-15)30-8-5-17(6-9-30)21-11-18(21)7-10-31-19-3-4-20(22(25)12-19)23-29-28-16(2)32-23/h3-4,12-14,17-18,21H,5-11H2,1-2H3/t18-,21-/m0/s1. The molecule has 5 rings (SSSR count). The van der Waals surface area contributed by atoms with E-state index >= 15 is 0 Å². The van der Waals surface area contributed by atoms with Crippen molar-refractivity contribution >= 4 is 5.95 Å². The highest BCUT2D eigenvalue weighted by Crippen LogP contribution is 2.49. The van der Waals surface area contributed by atoms with Crippen molar-refractivity contribution in [2.24, 2.45) is 17.8 Å². The van der Waals surface area contributed by atoms with Gasteiger partial charge in [-0.15, -0.1) is 10.2 Å². The summed E-state index contributed by atoms with van der Waals surface area (Å²) in [7, 11) is 0. The second kappa shape index (κ2) is 8.84. The average Bonchev–Trinajstić information content (AvgIpc) is 3.44. The molecule has 2 aliphatic rings. The van der Waals surface area contributed by atoms with Crippen LogP contribution in [0.25, 0.3) is 11.5 Å². The quantitative estimate of drug-likeness (QED) is 0.534. The summed E-state index contributed by atoms with van der Waals surface area (Å²) in [5.41, 5.74) is 1.38. The molecule has 1 saturated heterocycles. The molecule has 0 amide bonds. The zero-order valence-corrected chi connectivity index (χ0v) is 18.5. The topological polar surface area (TPSA) is 77.2 Å². The maximum absolute atomic E-state index is 14.4. The fraction of sp³-hybridized carbons (Fsp3) is 0.500. The lowest BCUT2D eigenvalue weighted by Crippen LogP contribution is -2.35. The first-order valence-electron chi connectivity index (χ1n) is 11.3. The molecule has 32 heavy (non-hydrogen) atoms. The van der Waals surface area contributed by atoms with E-state index in [1.165, 1.54) is 25.3 Å². The molecular weight excluding hydrogens is 409 g/mol. The van der Waals surface area contributed by atoms with Gasteiger partial charge < -0.3 is 14.1 Å². The van der Waals surface area contributed by atoms with Crippen LogP contribution in [0.1, 0.15) is 37.1 Å². The summed E-state index contributed by atoms with van der Waals surface area (Å²) < 4.78 is 25.5. The molecule has 1 saturated carbocycles. The second-order valence-corrected chi connectivity index (χ2v) is 8.95. The summed E-state index contributed by atoms with van der Waals surface area (Å²) in [6.07, 6.45) is 8.45. The highest BCUT2D eigenvalue weighted by Gasteiger charge is 2.43. The van der Waals surface area contributed by atoms with E-state index in [4.69, 9.17) is 9.15 Å². The summed E-state index contributed by atoms with van der Waals surface area (Å²) in [6, 6.07) is 4.77. The van der Waals surface area contributed by atoms with Crippen molar-refractivity contribution in [3.05, 3.63) is 47.9 Å². The van der Waals surface area contributed by atoms with Gasteiger partial charge in [-0.05, 0) is 68.1 Å². The van der Waals surface area contributed by atoms with Gasteiger partial charge in [0, 0.05) is 38.5 Å². The lowest BCUT2D eigenvalue weighted by molar-refractivity contribution is 0.283. The van der Waals surface area contributed by atoms with Crippen molar-refractivity contribution in [2.45, 2.75) is 39.5 Å². The monoisotopic (exact) mass is 437 g/mol. The van der Waals surface area contributed by atoms with E-state index in [0.717, 1.165) is 42.9 Å². The molecule has 0 radical (unpaired) electrons. The van der Waals surface area contributed by atoms with Crippen molar-refractivity contribution in [1.82, 2.24) is 20.2 Å². The SMILES string of the molecule is Cc1cnc(N2CCC([C@@H]3C[C@@H]3CCOc3ccc(-c4nnc(C)o4)c(F)c3)CC2)nc1. The molecule has 1 aliphatic carbocycles. The van der Waals surface area contributed by atoms with Crippen LogP contribution in [0.4, 0.5) is 10.3 Å². The second-order valence-electron chi connectivity index (χ2n) is 8.95. The van der Waals surface area contributed by atoms with Crippen molar-refractivity contribution in [1.29, 1.82) is 0 Å². The van der Waals surface area contributed by atoms with E-state index in [1.807, 2.05) is 19.3 Å². The van der Waals surface area contributed by atoms with E-state index in [0.29, 0.717) is 29.7 Å². The van der Waals surface area contributed by atoms with E-state index < -0.39 is 5.82 Å². The third-order valence-electron chi connectivity index (χ3n) is 6.63. The highest BCUT2D eigenvalue weighted by atomic mass is 19.1. The Morgan fingerprint density at radius 3 is 2.59 bits per heavy atom. The van der Waals surface area contributed by atoms with E-state index in [2.05, 4.69) is 25.1 Å². The largest absolute Gasteiger partial charge is 0.493 e. The molecule has 0 unspecified atom stereocenters. The van der Waals surface area contributed by atoms with Crippen LogP contribution < -0.4 is 9.64 Å². The Morgan fingerprint density at radius 2 is 1.91 bits per heavy atom. The number of halogens is 1. The third-order valence-corrected chi connectivity index (χ3v) is 6.63. The van der Waals surface area contributed by atoms with Gasteiger partial charge in [0.2, 0.25) is 11.8 Å². The minimum absolute atomic E-state index is 0.187. The summed E-state index contributed by atoms with van der Waals surface area (Å²) in [5, 5.41) is 7.62. The fourth-order valence-corrected chi connectivity index (χ4v) is 4.75. The Morgan fingerprint density at radius 1 is 1.12 bits per heavy atom. The van der Waals surface area contributed by atoms with Crippen LogP contribution in [0.2, 0.25) is 0 Å². The minimum Gasteiger partial charge on any atom is -0.493 e. The van der Waals surface area contributed by atoms with Gasteiger partial charge in [0.1, 0.15) is 11.6 Å². The molecule has 8 heteroatoms. The molecule has 3 aromatic rings. The summed E-state index contributed by atoms with van der Waals surface area (Å²) in [5.74, 6) is 3.84. The van der Waals surface area contributed by atoms with E-state index in [9.17, 15) is 4.39 Å². The van der Waals surface area contributed by atoms with Crippen LogP contribution in [-0.2, 0) is 0 Å². The van der Waals surface area contributed by atoms with E-state index in [1.54, 1.807) is 19.1 Å². The first-order chi connectivity index (χ1) is 15.6. The Kier molecular flexibility index (Phi) is 5.76. The Labute approximate surface area is 187 Å². The summed E-state index contributed by atoms with van der Waals surface area (Å²) >= 11 is 0. The number of hydrogen-bond donors (Lipinski definition) is 0. The molecule has 2 aromatic heterocycles. The van der Waals surface area contributed by atoms with Crippen LogP contribution in [-0.4, -0.2) is 39.9 Å². The summed E-state index contributed by atoms with van der Waals surface area (Å²) in [4.78, 5) is 11.2. The number of benzene rings is 1. The number of nitrogens with zero attached hydrogens (tertiary/aromatic N) is 5. The molecule has 2 atom stereocenters. The van der Waals surface area contributed by atoms with Crippen molar-refractivity contribution in [2.75, 3.05) is 24.6 Å². The third kappa shape index (κ3) is 4.59. The van der Waals surface area contributed by atoms with Crippen LogP contribution in [0, 0.1) is 37.4 Å². The molecular formula is C24H28FN5O2. The number of ether oxygens (including phenoxy) is 1. The molecule has 0 spiro atoms. The number of aromatic nitrogens is 4. The average molecular weight is 438 g/mol. The predicted molar refractivity (Wildman–Crippen MR) is 118 cm³/mol. The molecule has 0 bridgehead atoms. The van der Waals surface area contributed by atoms with Gasteiger partial charge in [0.05, 0.1) is 12.2 Å². The lowest BCUT2D eigenvalue weighted by atomic mass is 9.90. The fourth-order valence-electron chi connectivity index (χ4n) is 4.75. The number of anilines is 1. The van der Waals surface area contributed by atoms with Gasteiger partial charge in [-0.1, -0.05) is 0 Å². The number of piperidine rings is 1. The zero-order chi connectivity index (χ0) is 22.1. The normalized spacial score (nSPS) is 21.0. The number of rotatable bonds is 7. The van der Waals surface area contributed by atoms with Crippen molar-refractivity contribution in [3.8, 4) is 17.2 Å². The lowest BCUT2D eigenvalue weighted by Gasteiger charge is -2.32. The van der Waals surface area contributed by atoms with Gasteiger partial charge in [0.25, 0.3) is 5.89 Å². The van der Waals surface area contributed by atoms with Crippen LogP contribution >= 0.6 is 0 Å². The smallest absolute Gasteiger partial charge is 0.250 e. The molecule has 2 fully saturated rings. The van der Waals surface area contributed by atoms with Gasteiger partial charge >= 0.3 is 0 Å². The molecule has 7 nitrogen and oxygen atoms in total. The van der Waals surface area contributed by atoms with Gasteiger partial charge in [-0.25, -0.2) is 14.4 Å². The maximum Gasteiger partial charge on any atom is 0.250 e. The first kappa shape index (κ1) is 20.8. The Hall–Kier alpha value is -3.03. The van der Waals surface area contributed by atoms with Crippen LogP contribution in [0.5, 0.6) is 5.75 Å². The number of aryl methyl sites for hydroxylation is 2. The maximum atomic E-state index is 14.4. The molecule has 1 aromatic carbocycles. The zero-order valence-electron chi connectivity index (χ0n) is 18.5. The molecule has 168 valence electrons. The van der Waals surface area contributed by atoms with Crippen molar-refractivity contribution < 1.29 is 13.5 Å². The Balaban J connectivity index is 1.06. The molecule has 1 aliphatic heterocycles. The molecule has 0 N–H and O–H groups in total. The van der Waals surface area contributed by atoms with Crippen LogP contribution in [0.3, 0.4) is 0 Å². The number of hydrogen-bond acceptors (Lipinski definition) is 7. The predicted octanol–water partition coefficient (Wildman–Crippen LogP) is 4.60. The van der Waals surface area contributed by atoms with Gasteiger partial charge in [-0.2, -0.15) is 0 Å². The van der Waals surface area contributed by atoms with E-state index in [-0.39, 0.29) is 5.89 Å². The van der Waals surface area contributed by atoms with Gasteiger partial charge in [0.15, 0.2) is 0 Å². The highest BCUT2D eigenvalue weighted by molar-refractivity contribution is 5.55. The first-order valence-corrected chi connectivity index (χ1v) is 11.3.